The third-order valence-corrected chi connectivity index (χ3v) is 1.43. The number of amides is 1. The van der Waals surface area contributed by atoms with Gasteiger partial charge in [-0.25, -0.2) is 4.98 Å². The minimum absolute atomic E-state index is 0.178. The van der Waals surface area contributed by atoms with E-state index in [-0.39, 0.29) is 12.5 Å². The van der Waals surface area contributed by atoms with Crippen molar-refractivity contribution in [2.75, 3.05) is 6.54 Å². The molecule has 0 unspecified atom stereocenters. The monoisotopic (exact) mass is 168 g/mol. The second-order valence-electron chi connectivity index (χ2n) is 2.54. The van der Waals surface area contributed by atoms with Gasteiger partial charge in [0.05, 0.1) is 12.0 Å². The third-order valence-electron chi connectivity index (χ3n) is 1.43. The standard InChI is InChI=1S/C7H12N4O/c8-2-1-6-3-11(5-10-6)4-7(9)12/h3,5H,1-2,4,8H2,(H2,9,12). The lowest BCUT2D eigenvalue weighted by molar-refractivity contribution is -0.118. The molecule has 12 heavy (non-hydrogen) atoms. The molecule has 0 aliphatic rings. The van der Waals surface area contributed by atoms with E-state index < -0.39 is 0 Å². The summed E-state index contributed by atoms with van der Waals surface area (Å²) in [7, 11) is 0. The van der Waals surface area contributed by atoms with Gasteiger partial charge in [0, 0.05) is 12.6 Å². The molecule has 5 nitrogen and oxygen atoms in total. The predicted molar refractivity (Wildman–Crippen MR) is 44.2 cm³/mol. The van der Waals surface area contributed by atoms with Crippen molar-refractivity contribution in [3.63, 3.8) is 0 Å². The summed E-state index contributed by atoms with van der Waals surface area (Å²) in [4.78, 5) is 14.5. The van der Waals surface area contributed by atoms with Gasteiger partial charge in [0.15, 0.2) is 0 Å². The molecule has 0 fully saturated rings. The van der Waals surface area contributed by atoms with Gasteiger partial charge in [0.2, 0.25) is 5.91 Å². The van der Waals surface area contributed by atoms with Crippen LogP contribution in [0.3, 0.4) is 0 Å². The Hall–Kier alpha value is -1.36. The van der Waals surface area contributed by atoms with Crippen molar-refractivity contribution >= 4 is 5.91 Å². The minimum atomic E-state index is -0.369. The highest BCUT2D eigenvalue weighted by Gasteiger charge is 1.99. The van der Waals surface area contributed by atoms with Crippen LogP contribution in [0.1, 0.15) is 5.69 Å². The average Bonchev–Trinajstić information content (AvgIpc) is 2.36. The van der Waals surface area contributed by atoms with Crippen LogP contribution in [-0.2, 0) is 17.8 Å². The van der Waals surface area contributed by atoms with E-state index in [9.17, 15) is 4.79 Å². The van der Waals surface area contributed by atoms with Crippen LogP contribution >= 0.6 is 0 Å². The van der Waals surface area contributed by atoms with Gasteiger partial charge < -0.3 is 16.0 Å². The normalized spacial score (nSPS) is 10.1. The van der Waals surface area contributed by atoms with Crippen LogP contribution in [-0.4, -0.2) is 22.0 Å². The molecule has 1 aromatic rings. The van der Waals surface area contributed by atoms with Gasteiger partial charge in [0.25, 0.3) is 0 Å². The summed E-state index contributed by atoms with van der Waals surface area (Å²) in [6, 6.07) is 0. The molecule has 0 aliphatic heterocycles. The summed E-state index contributed by atoms with van der Waals surface area (Å²) in [5.74, 6) is -0.369. The van der Waals surface area contributed by atoms with Crippen LogP contribution in [0.4, 0.5) is 0 Å². The van der Waals surface area contributed by atoms with E-state index >= 15 is 0 Å². The molecule has 0 radical (unpaired) electrons. The van der Waals surface area contributed by atoms with E-state index in [1.807, 2.05) is 0 Å². The van der Waals surface area contributed by atoms with Gasteiger partial charge in [-0.2, -0.15) is 0 Å². The Bertz CT molecular complexity index is 268. The van der Waals surface area contributed by atoms with E-state index in [1.165, 1.54) is 0 Å². The van der Waals surface area contributed by atoms with Crippen LogP contribution in [0.15, 0.2) is 12.5 Å². The molecule has 0 aliphatic carbocycles. The molecule has 1 aromatic heterocycles. The maximum atomic E-state index is 10.5. The first kappa shape index (κ1) is 8.73. The molecule has 0 saturated carbocycles. The second-order valence-corrected chi connectivity index (χ2v) is 2.54. The number of carbonyl (C=O) groups is 1. The highest BCUT2D eigenvalue weighted by atomic mass is 16.1. The summed E-state index contributed by atoms with van der Waals surface area (Å²) >= 11 is 0. The van der Waals surface area contributed by atoms with E-state index in [4.69, 9.17) is 11.5 Å². The molecular weight excluding hydrogens is 156 g/mol. The Labute approximate surface area is 70.4 Å². The number of nitrogens with two attached hydrogens (primary N) is 2. The van der Waals surface area contributed by atoms with E-state index in [2.05, 4.69) is 4.98 Å². The van der Waals surface area contributed by atoms with Crippen molar-refractivity contribution in [2.24, 2.45) is 11.5 Å². The average molecular weight is 168 g/mol. The highest BCUT2D eigenvalue weighted by molar-refractivity contribution is 5.73. The Morgan fingerprint density at radius 3 is 3.00 bits per heavy atom. The molecule has 0 spiro atoms. The fraction of sp³-hybridized carbons (Fsp3) is 0.429. The first-order chi connectivity index (χ1) is 5.72. The summed E-state index contributed by atoms with van der Waals surface area (Å²) in [6.07, 6.45) is 4.08. The first-order valence-corrected chi connectivity index (χ1v) is 3.71. The Kier molecular flexibility index (Phi) is 2.82. The molecule has 1 amide bonds. The molecule has 1 rings (SSSR count). The SMILES string of the molecule is NCCc1cn(CC(N)=O)cn1. The summed E-state index contributed by atoms with van der Waals surface area (Å²) in [6.45, 7) is 0.741. The van der Waals surface area contributed by atoms with Gasteiger partial charge in [-0.05, 0) is 6.54 Å². The maximum Gasteiger partial charge on any atom is 0.237 e. The van der Waals surface area contributed by atoms with Crippen LogP contribution in [0.25, 0.3) is 0 Å². The van der Waals surface area contributed by atoms with Gasteiger partial charge in [-0.15, -0.1) is 0 Å². The number of imidazole rings is 1. The van der Waals surface area contributed by atoms with Crippen molar-refractivity contribution < 1.29 is 4.79 Å². The Morgan fingerprint density at radius 2 is 2.42 bits per heavy atom. The summed E-state index contributed by atoms with van der Waals surface area (Å²) in [5, 5.41) is 0. The largest absolute Gasteiger partial charge is 0.368 e. The van der Waals surface area contributed by atoms with Crippen molar-refractivity contribution in [1.82, 2.24) is 9.55 Å². The molecule has 4 N–H and O–H groups in total. The lowest BCUT2D eigenvalue weighted by Crippen LogP contribution is -2.17. The van der Waals surface area contributed by atoms with Gasteiger partial charge in [-0.1, -0.05) is 0 Å². The quantitative estimate of drug-likeness (QED) is 0.596. The van der Waals surface area contributed by atoms with Gasteiger partial charge in [0.1, 0.15) is 6.54 Å². The van der Waals surface area contributed by atoms with E-state index in [0.717, 1.165) is 12.1 Å². The van der Waals surface area contributed by atoms with Gasteiger partial charge >= 0.3 is 0 Å². The number of nitrogens with zero attached hydrogens (tertiary/aromatic N) is 2. The first-order valence-electron chi connectivity index (χ1n) is 3.71. The van der Waals surface area contributed by atoms with Crippen molar-refractivity contribution in [3.05, 3.63) is 18.2 Å². The fourth-order valence-electron chi connectivity index (χ4n) is 0.950. The number of aromatic nitrogens is 2. The molecule has 0 aromatic carbocycles. The lowest BCUT2D eigenvalue weighted by Gasteiger charge is -1.94. The minimum Gasteiger partial charge on any atom is -0.368 e. The summed E-state index contributed by atoms with van der Waals surface area (Å²) < 4.78 is 1.65. The zero-order valence-electron chi connectivity index (χ0n) is 6.73. The zero-order chi connectivity index (χ0) is 8.97. The smallest absolute Gasteiger partial charge is 0.237 e. The number of hydrogen-bond donors (Lipinski definition) is 2. The van der Waals surface area contributed by atoms with Crippen molar-refractivity contribution in [2.45, 2.75) is 13.0 Å². The fourth-order valence-corrected chi connectivity index (χ4v) is 0.950. The predicted octanol–water partition coefficient (Wildman–Crippen LogP) is -1.13. The van der Waals surface area contributed by atoms with Crippen LogP contribution in [0, 0.1) is 0 Å². The number of primary amides is 1. The maximum absolute atomic E-state index is 10.5. The zero-order valence-corrected chi connectivity index (χ0v) is 6.73. The second kappa shape index (κ2) is 3.87. The van der Waals surface area contributed by atoms with E-state index in [0.29, 0.717) is 6.54 Å². The molecule has 0 atom stereocenters. The molecule has 66 valence electrons. The van der Waals surface area contributed by atoms with Crippen LogP contribution < -0.4 is 11.5 Å². The topological polar surface area (TPSA) is 86.9 Å². The lowest BCUT2D eigenvalue weighted by atomic mass is 10.3. The van der Waals surface area contributed by atoms with Crippen LogP contribution in [0.5, 0.6) is 0 Å². The number of carbonyl (C=O) groups excluding carboxylic acids is 1. The van der Waals surface area contributed by atoms with E-state index in [1.54, 1.807) is 17.1 Å². The number of rotatable bonds is 4. The Balaban J connectivity index is 2.58. The van der Waals surface area contributed by atoms with Crippen molar-refractivity contribution in [3.8, 4) is 0 Å². The number of hydrogen-bond acceptors (Lipinski definition) is 3. The molecule has 1 heterocycles. The molecule has 5 heteroatoms. The third kappa shape index (κ3) is 2.35. The Morgan fingerprint density at radius 1 is 1.67 bits per heavy atom. The molecule has 0 bridgehead atoms. The molecular formula is C7H12N4O. The van der Waals surface area contributed by atoms with Crippen molar-refractivity contribution in [1.29, 1.82) is 0 Å². The van der Waals surface area contributed by atoms with Crippen LogP contribution in [0.2, 0.25) is 0 Å². The summed E-state index contributed by atoms with van der Waals surface area (Å²) in [5.41, 5.74) is 11.2. The molecule has 0 saturated heterocycles. The highest BCUT2D eigenvalue weighted by Crippen LogP contribution is 1.95. The van der Waals surface area contributed by atoms with Gasteiger partial charge in [-0.3, -0.25) is 4.79 Å².